The number of aromatic hydroxyl groups is 1. The van der Waals surface area contributed by atoms with Crippen molar-refractivity contribution in [3.8, 4) is 5.75 Å². The van der Waals surface area contributed by atoms with Gasteiger partial charge >= 0.3 is 0 Å². The number of benzene rings is 2. The van der Waals surface area contributed by atoms with E-state index in [1.807, 2.05) is 44.2 Å². The van der Waals surface area contributed by atoms with Gasteiger partial charge in [-0.3, -0.25) is 4.79 Å². The molecule has 0 bridgehead atoms. The molecule has 0 heterocycles. The van der Waals surface area contributed by atoms with Crippen molar-refractivity contribution in [2.75, 3.05) is 5.75 Å². The van der Waals surface area contributed by atoms with E-state index < -0.39 is 0 Å². The summed E-state index contributed by atoms with van der Waals surface area (Å²) in [5, 5.41) is 12.4. The Kier molecular flexibility index (Phi) is 5.28. The number of thioether (sulfide) groups is 1. The average molecular weight is 301 g/mol. The fraction of sp³-hybridized carbons (Fsp3) is 0.235. The second-order valence-electron chi connectivity index (χ2n) is 4.93. The lowest BCUT2D eigenvalue weighted by molar-refractivity contribution is -0.119. The molecule has 0 saturated carbocycles. The van der Waals surface area contributed by atoms with Crippen molar-refractivity contribution in [1.29, 1.82) is 0 Å². The number of hydrogen-bond donors (Lipinski definition) is 2. The van der Waals surface area contributed by atoms with E-state index in [1.165, 1.54) is 17.3 Å². The fourth-order valence-corrected chi connectivity index (χ4v) is 2.92. The van der Waals surface area contributed by atoms with E-state index in [-0.39, 0.29) is 17.7 Å². The molecule has 0 aliphatic rings. The van der Waals surface area contributed by atoms with Gasteiger partial charge in [0, 0.05) is 4.90 Å². The van der Waals surface area contributed by atoms with Crippen LogP contribution < -0.4 is 5.32 Å². The summed E-state index contributed by atoms with van der Waals surface area (Å²) in [5.74, 6) is 0.535. The number of aryl methyl sites for hydroxylation is 1. The van der Waals surface area contributed by atoms with Crippen molar-refractivity contribution in [3.63, 3.8) is 0 Å². The quantitative estimate of drug-likeness (QED) is 0.828. The molecule has 0 fully saturated rings. The Morgan fingerprint density at radius 2 is 2.00 bits per heavy atom. The monoisotopic (exact) mass is 301 g/mol. The minimum absolute atomic E-state index is 0.0107. The summed E-state index contributed by atoms with van der Waals surface area (Å²) < 4.78 is 0. The van der Waals surface area contributed by atoms with Crippen LogP contribution in [-0.4, -0.2) is 16.8 Å². The van der Waals surface area contributed by atoms with Crippen molar-refractivity contribution < 1.29 is 9.90 Å². The van der Waals surface area contributed by atoms with Crippen LogP contribution in [0.3, 0.4) is 0 Å². The summed E-state index contributed by atoms with van der Waals surface area (Å²) in [6, 6.07) is 14.9. The molecule has 1 unspecified atom stereocenters. The predicted molar refractivity (Wildman–Crippen MR) is 86.6 cm³/mol. The van der Waals surface area contributed by atoms with E-state index in [4.69, 9.17) is 0 Å². The third kappa shape index (κ3) is 4.53. The van der Waals surface area contributed by atoms with Crippen LogP contribution in [0.2, 0.25) is 0 Å². The summed E-state index contributed by atoms with van der Waals surface area (Å²) >= 11 is 1.41. The maximum atomic E-state index is 12.0. The summed E-state index contributed by atoms with van der Waals surface area (Å²) in [4.78, 5) is 12.9. The molecule has 2 aromatic carbocycles. The molecule has 0 aromatic heterocycles. The molecular weight excluding hydrogens is 282 g/mol. The van der Waals surface area contributed by atoms with Crippen molar-refractivity contribution in [1.82, 2.24) is 5.32 Å². The number of phenols is 1. The Morgan fingerprint density at radius 3 is 2.71 bits per heavy atom. The van der Waals surface area contributed by atoms with Gasteiger partial charge in [0.15, 0.2) is 0 Å². The lowest BCUT2D eigenvalue weighted by atomic mass is 10.0. The Hall–Kier alpha value is -1.94. The maximum absolute atomic E-state index is 12.0. The van der Waals surface area contributed by atoms with E-state index in [0.29, 0.717) is 5.75 Å². The smallest absolute Gasteiger partial charge is 0.230 e. The number of amides is 1. The molecule has 3 nitrogen and oxygen atoms in total. The van der Waals surface area contributed by atoms with E-state index >= 15 is 0 Å². The standard InChI is InChI=1S/C17H19NO2S/c1-12-6-3-4-9-16(12)13(2)18-17(20)11-21-15-8-5-7-14(19)10-15/h3-10,13,19H,11H2,1-2H3,(H,18,20). The summed E-state index contributed by atoms with van der Waals surface area (Å²) in [6.07, 6.45) is 0. The van der Waals surface area contributed by atoms with Crippen LogP contribution in [-0.2, 0) is 4.79 Å². The third-order valence-electron chi connectivity index (χ3n) is 3.22. The van der Waals surface area contributed by atoms with E-state index in [2.05, 4.69) is 5.32 Å². The lowest BCUT2D eigenvalue weighted by Gasteiger charge is -2.16. The molecule has 4 heteroatoms. The van der Waals surface area contributed by atoms with Gasteiger partial charge in [0.25, 0.3) is 0 Å². The van der Waals surface area contributed by atoms with Gasteiger partial charge in [-0.15, -0.1) is 11.8 Å². The molecule has 110 valence electrons. The SMILES string of the molecule is Cc1ccccc1C(C)NC(=O)CSc1cccc(O)c1. The number of rotatable bonds is 5. The first-order chi connectivity index (χ1) is 10.1. The predicted octanol–water partition coefficient (Wildman–Crippen LogP) is 3.67. The number of carbonyl (C=O) groups is 1. The van der Waals surface area contributed by atoms with Crippen molar-refractivity contribution in [2.45, 2.75) is 24.8 Å². The summed E-state index contributed by atoms with van der Waals surface area (Å²) in [6.45, 7) is 4.03. The van der Waals surface area contributed by atoms with Crippen LogP contribution >= 0.6 is 11.8 Å². The largest absolute Gasteiger partial charge is 0.508 e. The molecule has 0 aliphatic carbocycles. The zero-order valence-corrected chi connectivity index (χ0v) is 13.0. The van der Waals surface area contributed by atoms with Gasteiger partial charge in [0.2, 0.25) is 5.91 Å². The van der Waals surface area contributed by atoms with Gasteiger partial charge in [-0.25, -0.2) is 0 Å². The minimum atomic E-state index is -0.0147. The highest BCUT2D eigenvalue weighted by Gasteiger charge is 2.11. The number of nitrogens with one attached hydrogen (secondary N) is 1. The van der Waals surface area contributed by atoms with E-state index in [1.54, 1.807) is 18.2 Å². The first kappa shape index (κ1) is 15.4. The second-order valence-corrected chi connectivity index (χ2v) is 5.98. The molecule has 21 heavy (non-hydrogen) atoms. The van der Waals surface area contributed by atoms with Gasteiger partial charge in [0.05, 0.1) is 11.8 Å². The van der Waals surface area contributed by atoms with Gasteiger partial charge < -0.3 is 10.4 Å². The Morgan fingerprint density at radius 1 is 1.24 bits per heavy atom. The molecule has 2 aromatic rings. The molecule has 2 N–H and O–H groups in total. The third-order valence-corrected chi connectivity index (χ3v) is 4.21. The van der Waals surface area contributed by atoms with Crippen LogP contribution in [0.25, 0.3) is 0 Å². The van der Waals surface area contributed by atoms with Crippen LogP contribution in [0.15, 0.2) is 53.4 Å². The molecule has 0 saturated heterocycles. The van der Waals surface area contributed by atoms with Crippen molar-refractivity contribution >= 4 is 17.7 Å². The molecular formula is C17H19NO2S. The summed E-state index contributed by atoms with van der Waals surface area (Å²) in [5.41, 5.74) is 2.30. The van der Waals surface area contributed by atoms with Crippen LogP contribution in [0.1, 0.15) is 24.1 Å². The van der Waals surface area contributed by atoms with Crippen LogP contribution in [0, 0.1) is 6.92 Å². The van der Waals surface area contributed by atoms with Gasteiger partial charge in [0.1, 0.15) is 5.75 Å². The van der Waals surface area contributed by atoms with Crippen LogP contribution in [0.4, 0.5) is 0 Å². The molecule has 1 atom stereocenters. The molecule has 2 rings (SSSR count). The van der Waals surface area contributed by atoms with Gasteiger partial charge in [-0.1, -0.05) is 30.3 Å². The Bertz CT molecular complexity index is 628. The van der Waals surface area contributed by atoms with Gasteiger partial charge in [-0.2, -0.15) is 0 Å². The fourth-order valence-electron chi connectivity index (χ4n) is 2.16. The van der Waals surface area contributed by atoms with Gasteiger partial charge in [-0.05, 0) is 43.2 Å². The molecule has 0 radical (unpaired) electrons. The average Bonchev–Trinajstić information content (AvgIpc) is 2.45. The topological polar surface area (TPSA) is 49.3 Å². The number of phenolic OH excluding ortho intramolecular Hbond substituents is 1. The molecule has 1 amide bonds. The summed E-state index contributed by atoms with van der Waals surface area (Å²) in [7, 11) is 0. The van der Waals surface area contributed by atoms with Crippen molar-refractivity contribution in [3.05, 3.63) is 59.7 Å². The second kappa shape index (κ2) is 7.18. The first-order valence-electron chi connectivity index (χ1n) is 6.83. The zero-order chi connectivity index (χ0) is 15.2. The molecule has 0 spiro atoms. The Balaban J connectivity index is 1.89. The highest BCUT2D eigenvalue weighted by molar-refractivity contribution is 8.00. The lowest BCUT2D eigenvalue weighted by Crippen LogP contribution is -2.28. The van der Waals surface area contributed by atoms with E-state index in [0.717, 1.165) is 10.5 Å². The Labute approximate surface area is 129 Å². The number of hydrogen-bond acceptors (Lipinski definition) is 3. The first-order valence-corrected chi connectivity index (χ1v) is 7.81. The number of carbonyl (C=O) groups excluding carboxylic acids is 1. The minimum Gasteiger partial charge on any atom is -0.508 e. The highest BCUT2D eigenvalue weighted by Crippen LogP contribution is 2.22. The molecule has 0 aliphatic heterocycles. The van der Waals surface area contributed by atoms with Crippen LogP contribution in [0.5, 0.6) is 5.75 Å². The zero-order valence-electron chi connectivity index (χ0n) is 12.2. The normalized spacial score (nSPS) is 11.9. The van der Waals surface area contributed by atoms with E-state index in [9.17, 15) is 9.90 Å². The highest BCUT2D eigenvalue weighted by atomic mass is 32.2. The van der Waals surface area contributed by atoms with Crippen molar-refractivity contribution in [2.24, 2.45) is 0 Å². The maximum Gasteiger partial charge on any atom is 0.230 e.